The molecule has 0 heterocycles. The SMILES string of the molecule is CC(=O)[O-].CC(=O)[O-].CCCCCCCCP.[Pd+2]. The van der Waals surface area contributed by atoms with E-state index in [4.69, 9.17) is 19.8 Å². The molecule has 0 saturated carbocycles. The van der Waals surface area contributed by atoms with Gasteiger partial charge in [0.2, 0.25) is 0 Å². The number of hydrogen-bond acceptors (Lipinski definition) is 4. The van der Waals surface area contributed by atoms with Gasteiger partial charge in [0.05, 0.1) is 0 Å². The van der Waals surface area contributed by atoms with Crippen molar-refractivity contribution in [3.05, 3.63) is 0 Å². The van der Waals surface area contributed by atoms with Gasteiger partial charge in [-0.05, 0) is 26.4 Å². The molecule has 0 aromatic rings. The predicted octanol–water partition coefficient (Wildman–Crippen LogP) is 0.732. The van der Waals surface area contributed by atoms with Crippen LogP contribution in [0.1, 0.15) is 59.3 Å². The van der Waals surface area contributed by atoms with Crippen molar-refractivity contribution in [2.75, 3.05) is 6.16 Å². The summed E-state index contributed by atoms with van der Waals surface area (Å²) in [5, 5.41) is 17.8. The monoisotopic (exact) mass is 370 g/mol. The van der Waals surface area contributed by atoms with E-state index in [2.05, 4.69) is 16.2 Å². The van der Waals surface area contributed by atoms with Crippen LogP contribution in [0.2, 0.25) is 0 Å². The number of aliphatic carboxylic acids is 2. The van der Waals surface area contributed by atoms with E-state index in [-0.39, 0.29) is 20.4 Å². The largest absolute Gasteiger partial charge is 2.00 e. The van der Waals surface area contributed by atoms with Crippen molar-refractivity contribution in [1.82, 2.24) is 0 Å². The molecule has 0 aliphatic rings. The van der Waals surface area contributed by atoms with E-state index in [0.717, 1.165) is 13.8 Å². The Kier molecular flexibility index (Phi) is 38.0. The van der Waals surface area contributed by atoms with Gasteiger partial charge in [0, 0.05) is 11.9 Å². The fourth-order valence-electron chi connectivity index (χ4n) is 0.925. The van der Waals surface area contributed by atoms with Crippen LogP contribution in [0.15, 0.2) is 0 Å². The zero-order chi connectivity index (χ0) is 14.1. The van der Waals surface area contributed by atoms with E-state index in [1.54, 1.807) is 0 Å². The first-order valence-corrected chi connectivity index (χ1v) is 6.75. The van der Waals surface area contributed by atoms with Crippen LogP contribution in [0.25, 0.3) is 0 Å². The van der Waals surface area contributed by atoms with E-state index < -0.39 is 11.9 Å². The minimum atomic E-state index is -1.08. The summed E-state index contributed by atoms with van der Waals surface area (Å²) < 4.78 is 0. The fourth-order valence-corrected chi connectivity index (χ4v) is 1.21. The van der Waals surface area contributed by atoms with Crippen LogP contribution in [0.3, 0.4) is 0 Å². The number of carbonyl (C=O) groups excluding carboxylic acids is 2. The zero-order valence-electron chi connectivity index (χ0n) is 11.5. The molecule has 112 valence electrons. The van der Waals surface area contributed by atoms with Gasteiger partial charge >= 0.3 is 20.4 Å². The van der Waals surface area contributed by atoms with Crippen molar-refractivity contribution in [3.63, 3.8) is 0 Å². The number of carbonyl (C=O) groups is 2. The van der Waals surface area contributed by atoms with E-state index >= 15 is 0 Å². The molecule has 18 heavy (non-hydrogen) atoms. The van der Waals surface area contributed by atoms with Crippen LogP contribution < -0.4 is 10.2 Å². The van der Waals surface area contributed by atoms with E-state index in [1.807, 2.05) is 0 Å². The normalized spacial score (nSPS) is 7.78. The van der Waals surface area contributed by atoms with E-state index in [9.17, 15) is 0 Å². The molecule has 4 nitrogen and oxygen atoms in total. The summed E-state index contributed by atoms with van der Waals surface area (Å²) in [6, 6.07) is 0. The Labute approximate surface area is 127 Å². The van der Waals surface area contributed by atoms with Crippen LogP contribution in [-0.2, 0) is 30.0 Å². The van der Waals surface area contributed by atoms with Crippen molar-refractivity contribution in [2.24, 2.45) is 0 Å². The summed E-state index contributed by atoms with van der Waals surface area (Å²) in [6.45, 7) is 4.20. The smallest absolute Gasteiger partial charge is 0.550 e. The molecule has 0 rings (SSSR count). The molecule has 0 fully saturated rings. The topological polar surface area (TPSA) is 80.3 Å². The third-order valence-electron chi connectivity index (χ3n) is 1.56. The molecule has 0 aromatic heterocycles. The van der Waals surface area contributed by atoms with Crippen molar-refractivity contribution < 1.29 is 40.2 Å². The number of unbranched alkanes of at least 4 members (excludes halogenated alkanes) is 5. The first-order valence-electron chi connectivity index (χ1n) is 5.93. The van der Waals surface area contributed by atoms with Crippen LogP contribution >= 0.6 is 9.24 Å². The summed E-state index contributed by atoms with van der Waals surface area (Å²) in [4.78, 5) is 17.8. The van der Waals surface area contributed by atoms with Gasteiger partial charge in [-0.15, -0.1) is 9.24 Å². The maximum atomic E-state index is 8.89. The quantitative estimate of drug-likeness (QED) is 0.392. The maximum absolute atomic E-state index is 8.89. The summed E-state index contributed by atoms with van der Waals surface area (Å²) in [6.07, 6.45) is 9.80. The number of hydrogen-bond donors (Lipinski definition) is 0. The average molecular weight is 371 g/mol. The summed E-state index contributed by atoms with van der Waals surface area (Å²) >= 11 is 0. The second-order valence-electron chi connectivity index (χ2n) is 3.54. The third kappa shape index (κ3) is 99.6. The first-order chi connectivity index (χ1) is 7.88. The minimum Gasteiger partial charge on any atom is -0.550 e. The number of carboxylic acid groups (broad SMARTS) is 2. The minimum absolute atomic E-state index is 0. The maximum Gasteiger partial charge on any atom is 2.00 e. The molecule has 6 heteroatoms. The molecular weight excluding hydrogens is 346 g/mol. The van der Waals surface area contributed by atoms with Crippen molar-refractivity contribution in [3.8, 4) is 0 Å². The second-order valence-corrected chi connectivity index (χ2v) is 4.12. The van der Waals surface area contributed by atoms with Gasteiger partial charge in [-0.1, -0.05) is 39.0 Å². The van der Waals surface area contributed by atoms with E-state index in [0.29, 0.717) is 0 Å². The van der Waals surface area contributed by atoms with Crippen LogP contribution in [0.4, 0.5) is 0 Å². The molecule has 0 N–H and O–H groups in total. The van der Waals surface area contributed by atoms with Gasteiger partial charge < -0.3 is 19.8 Å². The first kappa shape index (κ1) is 26.6. The number of rotatable bonds is 6. The Hall–Kier alpha value is 0.0323. The van der Waals surface area contributed by atoms with Crippen molar-refractivity contribution >= 4 is 21.2 Å². The van der Waals surface area contributed by atoms with Gasteiger partial charge in [-0.25, -0.2) is 0 Å². The van der Waals surface area contributed by atoms with Crippen LogP contribution in [0, 0.1) is 0 Å². The second kappa shape index (κ2) is 25.8. The Morgan fingerprint density at radius 1 is 0.889 bits per heavy atom. The van der Waals surface area contributed by atoms with E-state index in [1.165, 1.54) is 44.7 Å². The Morgan fingerprint density at radius 2 is 1.17 bits per heavy atom. The molecule has 1 unspecified atom stereocenters. The Balaban J connectivity index is -0.0000000922. The van der Waals surface area contributed by atoms with Crippen molar-refractivity contribution in [1.29, 1.82) is 0 Å². The molecule has 0 spiro atoms. The summed E-state index contributed by atoms with van der Waals surface area (Å²) in [5.74, 6) is -2.17. The fraction of sp³-hybridized carbons (Fsp3) is 0.833. The van der Waals surface area contributed by atoms with Crippen LogP contribution in [0.5, 0.6) is 0 Å². The van der Waals surface area contributed by atoms with Gasteiger partial charge in [-0.3, -0.25) is 0 Å². The summed E-state index contributed by atoms with van der Waals surface area (Å²) in [5.41, 5.74) is 0. The molecule has 0 amide bonds. The standard InChI is InChI=1S/C8H19P.2C2H4O2.Pd/c1-2-3-4-5-6-7-8-9;2*1-2(3)4;/h2-9H2,1H3;2*1H3,(H,3,4);/q;;;+2/p-2. The molecular formula is C12H25O4PPd. The molecule has 0 radical (unpaired) electrons. The van der Waals surface area contributed by atoms with Crippen LogP contribution in [-0.4, -0.2) is 18.1 Å². The average Bonchev–Trinajstić information content (AvgIpc) is 2.16. The third-order valence-corrected chi connectivity index (χ3v) is 1.97. The van der Waals surface area contributed by atoms with Gasteiger partial charge in [0.1, 0.15) is 0 Å². The van der Waals surface area contributed by atoms with Gasteiger partial charge in [0.15, 0.2) is 0 Å². The molecule has 0 aromatic carbocycles. The Morgan fingerprint density at radius 3 is 1.44 bits per heavy atom. The molecule has 0 saturated heterocycles. The van der Waals surface area contributed by atoms with Crippen molar-refractivity contribution in [2.45, 2.75) is 59.3 Å². The number of carboxylic acids is 2. The van der Waals surface area contributed by atoms with Gasteiger partial charge in [-0.2, -0.15) is 0 Å². The predicted molar refractivity (Wildman–Crippen MR) is 69.3 cm³/mol. The molecule has 0 aliphatic heterocycles. The van der Waals surface area contributed by atoms with Gasteiger partial charge in [0.25, 0.3) is 0 Å². The molecule has 0 bridgehead atoms. The molecule has 0 aliphatic carbocycles. The zero-order valence-corrected chi connectivity index (χ0v) is 14.2. The summed E-state index contributed by atoms with van der Waals surface area (Å²) in [7, 11) is 2.78. The Bertz CT molecular complexity index is 151. The molecule has 1 atom stereocenters.